The van der Waals surface area contributed by atoms with Gasteiger partial charge in [0, 0.05) is 13.5 Å². The number of carbonyl (C=O) groups excluding carboxylic acids is 1. The van der Waals surface area contributed by atoms with Gasteiger partial charge < -0.3 is 15.2 Å². The summed E-state index contributed by atoms with van der Waals surface area (Å²) in [4.78, 5) is 21.7. The summed E-state index contributed by atoms with van der Waals surface area (Å²) in [6.45, 7) is 2.08. The number of nitrogens with one attached hydrogen (secondary N) is 1. The number of carboxylic acid groups (broad SMARTS) is 1. The predicted octanol–water partition coefficient (Wildman–Crippen LogP) is 0.782. The molecule has 0 bridgehead atoms. The maximum absolute atomic E-state index is 11.2. The Kier molecular flexibility index (Phi) is 7.62. The average molecular weight is 217 g/mol. The van der Waals surface area contributed by atoms with Gasteiger partial charge in [-0.25, -0.2) is 4.79 Å². The zero-order chi connectivity index (χ0) is 11.7. The molecular formula is C10H19NO4. The number of carbonyl (C=O) groups is 2. The van der Waals surface area contributed by atoms with Gasteiger partial charge in [-0.05, 0) is 6.42 Å². The van der Waals surface area contributed by atoms with Gasteiger partial charge in [0.15, 0.2) is 6.10 Å². The maximum Gasteiger partial charge on any atom is 0.334 e. The van der Waals surface area contributed by atoms with Crippen LogP contribution in [0.5, 0.6) is 0 Å². The van der Waals surface area contributed by atoms with Gasteiger partial charge in [0.1, 0.15) is 0 Å². The van der Waals surface area contributed by atoms with Gasteiger partial charge in [0.25, 0.3) is 0 Å². The molecule has 0 aliphatic carbocycles. The highest BCUT2D eigenvalue weighted by Gasteiger charge is 2.16. The van der Waals surface area contributed by atoms with Crippen LogP contribution in [0.25, 0.3) is 0 Å². The van der Waals surface area contributed by atoms with Crippen molar-refractivity contribution in [3.05, 3.63) is 0 Å². The molecule has 0 aliphatic rings. The van der Waals surface area contributed by atoms with E-state index in [1.54, 1.807) is 0 Å². The summed E-state index contributed by atoms with van der Waals surface area (Å²) in [5.74, 6) is -1.18. The predicted molar refractivity (Wildman–Crippen MR) is 55.6 cm³/mol. The molecule has 1 unspecified atom stereocenters. The summed E-state index contributed by atoms with van der Waals surface area (Å²) < 4.78 is 4.67. The van der Waals surface area contributed by atoms with E-state index in [0.717, 1.165) is 19.3 Å². The molecule has 88 valence electrons. The number of ether oxygens (including phenoxy) is 1. The standard InChI is InChI=1S/C10H19NO4/c1-3-4-5-6-9(12)11-7-8(15-2)10(13)14/h8H,3-7H2,1-2H3,(H,11,12)(H,13,14). The smallest absolute Gasteiger partial charge is 0.334 e. The number of methoxy groups -OCH3 is 1. The quantitative estimate of drug-likeness (QED) is 0.589. The Morgan fingerprint density at radius 2 is 2.07 bits per heavy atom. The molecule has 0 rings (SSSR count). The summed E-state index contributed by atoms with van der Waals surface area (Å²) >= 11 is 0. The van der Waals surface area contributed by atoms with E-state index in [0.29, 0.717) is 6.42 Å². The van der Waals surface area contributed by atoms with E-state index in [-0.39, 0.29) is 12.5 Å². The zero-order valence-electron chi connectivity index (χ0n) is 9.28. The number of rotatable bonds is 8. The number of hydrogen-bond acceptors (Lipinski definition) is 3. The Morgan fingerprint density at radius 3 is 2.53 bits per heavy atom. The molecule has 0 aromatic carbocycles. The third kappa shape index (κ3) is 6.90. The van der Waals surface area contributed by atoms with Crippen LogP contribution in [-0.2, 0) is 14.3 Å². The van der Waals surface area contributed by atoms with E-state index >= 15 is 0 Å². The second-order valence-electron chi connectivity index (χ2n) is 3.32. The molecule has 0 saturated heterocycles. The van der Waals surface area contributed by atoms with Crippen LogP contribution >= 0.6 is 0 Å². The van der Waals surface area contributed by atoms with Crippen molar-refractivity contribution in [3.63, 3.8) is 0 Å². The molecule has 5 nitrogen and oxygen atoms in total. The minimum Gasteiger partial charge on any atom is -0.479 e. The Balaban J connectivity index is 3.64. The Bertz CT molecular complexity index is 206. The number of unbranched alkanes of at least 4 members (excludes halogenated alkanes) is 2. The highest BCUT2D eigenvalue weighted by Crippen LogP contribution is 1.98. The van der Waals surface area contributed by atoms with Crippen LogP contribution in [0.15, 0.2) is 0 Å². The number of amides is 1. The lowest BCUT2D eigenvalue weighted by Crippen LogP contribution is -2.37. The van der Waals surface area contributed by atoms with E-state index in [1.165, 1.54) is 7.11 Å². The molecule has 0 radical (unpaired) electrons. The second-order valence-corrected chi connectivity index (χ2v) is 3.32. The van der Waals surface area contributed by atoms with Gasteiger partial charge in [0.2, 0.25) is 5.91 Å². The molecule has 0 spiro atoms. The molecule has 0 fully saturated rings. The molecule has 1 amide bonds. The molecule has 1 atom stereocenters. The minimum absolute atomic E-state index is 0.0246. The van der Waals surface area contributed by atoms with Crippen molar-refractivity contribution in [1.29, 1.82) is 0 Å². The van der Waals surface area contributed by atoms with Crippen molar-refractivity contribution in [2.45, 2.75) is 38.7 Å². The van der Waals surface area contributed by atoms with E-state index in [1.807, 2.05) is 0 Å². The van der Waals surface area contributed by atoms with Gasteiger partial charge in [-0.1, -0.05) is 19.8 Å². The Morgan fingerprint density at radius 1 is 1.40 bits per heavy atom. The van der Waals surface area contributed by atoms with Crippen molar-refractivity contribution < 1.29 is 19.4 Å². The van der Waals surface area contributed by atoms with Crippen LogP contribution in [0.2, 0.25) is 0 Å². The van der Waals surface area contributed by atoms with E-state index in [2.05, 4.69) is 17.0 Å². The fourth-order valence-electron chi connectivity index (χ4n) is 1.10. The molecule has 0 saturated carbocycles. The summed E-state index contributed by atoms with van der Waals surface area (Å²) in [6.07, 6.45) is 2.40. The van der Waals surface area contributed by atoms with Gasteiger partial charge in [-0.15, -0.1) is 0 Å². The summed E-state index contributed by atoms with van der Waals surface area (Å²) in [7, 11) is 1.31. The summed E-state index contributed by atoms with van der Waals surface area (Å²) in [6, 6.07) is 0. The minimum atomic E-state index is -1.06. The van der Waals surface area contributed by atoms with Crippen molar-refractivity contribution in [1.82, 2.24) is 5.32 Å². The fraction of sp³-hybridized carbons (Fsp3) is 0.800. The lowest BCUT2D eigenvalue weighted by atomic mass is 10.2. The molecule has 0 aromatic rings. The Hall–Kier alpha value is -1.10. The number of aliphatic carboxylic acids is 1. The van der Waals surface area contributed by atoms with Crippen LogP contribution in [-0.4, -0.2) is 36.7 Å². The molecule has 0 heterocycles. The first-order valence-corrected chi connectivity index (χ1v) is 5.14. The maximum atomic E-state index is 11.2. The van der Waals surface area contributed by atoms with Gasteiger partial charge in [-0.3, -0.25) is 4.79 Å². The van der Waals surface area contributed by atoms with Gasteiger partial charge in [-0.2, -0.15) is 0 Å². The zero-order valence-corrected chi connectivity index (χ0v) is 9.28. The third-order valence-electron chi connectivity index (χ3n) is 2.05. The van der Waals surface area contributed by atoms with Crippen LogP contribution < -0.4 is 5.32 Å². The molecule has 0 aromatic heterocycles. The topological polar surface area (TPSA) is 75.6 Å². The highest BCUT2D eigenvalue weighted by atomic mass is 16.5. The lowest BCUT2D eigenvalue weighted by Gasteiger charge is -2.11. The summed E-state index contributed by atoms with van der Waals surface area (Å²) in [5.41, 5.74) is 0. The first-order chi connectivity index (χ1) is 7.11. The molecule has 5 heteroatoms. The molecular weight excluding hydrogens is 198 g/mol. The second kappa shape index (κ2) is 8.23. The third-order valence-corrected chi connectivity index (χ3v) is 2.05. The largest absolute Gasteiger partial charge is 0.479 e. The SMILES string of the molecule is CCCCCC(=O)NCC(OC)C(=O)O. The number of hydrogen-bond donors (Lipinski definition) is 2. The normalized spacial score (nSPS) is 12.1. The van der Waals surface area contributed by atoms with Gasteiger partial charge in [0.05, 0.1) is 6.54 Å². The fourth-order valence-corrected chi connectivity index (χ4v) is 1.10. The van der Waals surface area contributed by atoms with Crippen molar-refractivity contribution in [2.75, 3.05) is 13.7 Å². The van der Waals surface area contributed by atoms with Crippen molar-refractivity contribution in [3.8, 4) is 0 Å². The van der Waals surface area contributed by atoms with Crippen LogP contribution in [0.4, 0.5) is 0 Å². The summed E-state index contributed by atoms with van der Waals surface area (Å²) in [5, 5.41) is 11.2. The van der Waals surface area contributed by atoms with E-state index in [4.69, 9.17) is 5.11 Å². The Labute approximate surface area is 89.8 Å². The molecule has 15 heavy (non-hydrogen) atoms. The number of carboxylic acids is 1. The molecule has 2 N–H and O–H groups in total. The van der Waals surface area contributed by atoms with Crippen molar-refractivity contribution >= 4 is 11.9 Å². The highest BCUT2D eigenvalue weighted by molar-refractivity contribution is 5.78. The van der Waals surface area contributed by atoms with Crippen LogP contribution in [0, 0.1) is 0 Å². The average Bonchev–Trinajstić information content (AvgIpc) is 2.18. The van der Waals surface area contributed by atoms with Crippen LogP contribution in [0.1, 0.15) is 32.6 Å². The lowest BCUT2D eigenvalue weighted by molar-refractivity contribution is -0.148. The first kappa shape index (κ1) is 13.9. The van der Waals surface area contributed by atoms with Gasteiger partial charge >= 0.3 is 5.97 Å². The van der Waals surface area contributed by atoms with E-state index in [9.17, 15) is 9.59 Å². The van der Waals surface area contributed by atoms with Crippen molar-refractivity contribution in [2.24, 2.45) is 0 Å². The van der Waals surface area contributed by atoms with E-state index < -0.39 is 12.1 Å². The first-order valence-electron chi connectivity index (χ1n) is 5.14. The molecule has 0 aliphatic heterocycles. The van der Waals surface area contributed by atoms with Crippen LogP contribution in [0.3, 0.4) is 0 Å². The monoisotopic (exact) mass is 217 g/mol.